The monoisotopic (exact) mass is 346 g/mol. The van der Waals surface area contributed by atoms with Gasteiger partial charge in [-0.25, -0.2) is 14.5 Å². The highest BCUT2D eigenvalue weighted by molar-refractivity contribution is 6.06. The molecule has 2 aromatic heterocycles. The van der Waals surface area contributed by atoms with Crippen molar-refractivity contribution in [2.45, 2.75) is 59.5 Å². The van der Waals surface area contributed by atoms with Crippen molar-refractivity contribution in [1.29, 1.82) is 0 Å². The summed E-state index contributed by atoms with van der Waals surface area (Å²) in [6, 6.07) is 0.922. The fraction of sp³-hybridized carbons (Fsp3) is 0.556. The van der Waals surface area contributed by atoms with Crippen LogP contribution >= 0.6 is 0 Å². The Bertz CT molecular complexity index is 782. The van der Waals surface area contributed by atoms with Gasteiger partial charge in [-0.05, 0) is 38.7 Å². The van der Waals surface area contributed by atoms with E-state index in [1.807, 2.05) is 32.4 Å². The van der Waals surface area contributed by atoms with Gasteiger partial charge < -0.3 is 10.4 Å². The van der Waals surface area contributed by atoms with E-state index in [4.69, 9.17) is 0 Å². The smallest absolute Gasteiger partial charge is 0.326 e. The number of nitrogens with one attached hydrogen (secondary N) is 1. The third-order valence-corrected chi connectivity index (χ3v) is 4.26. The fourth-order valence-corrected chi connectivity index (χ4v) is 2.76. The predicted octanol–water partition coefficient (Wildman–Crippen LogP) is 2.94. The van der Waals surface area contributed by atoms with Crippen LogP contribution in [0.1, 0.15) is 62.6 Å². The van der Waals surface area contributed by atoms with E-state index >= 15 is 0 Å². The molecular formula is C18H26N4O3. The molecular weight excluding hydrogens is 320 g/mol. The number of amides is 1. The van der Waals surface area contributed by atoms with E-state index in [0.29, 0.717) is 28.7 Å². The quantitative estimate of drug-likeness (QED) is 0.803. The lowest BCUT2D eigenvalue weighted by Crippen LogP contribution is -2.41. The van der Waals surface area contributed by atoms with Gasteiger partial charge >= 0.3 is 5.97 Å². The average molecular weight is 346 g/mol. The zero-order valence-corrected chi connectivity index (χ0v) is 15.4. The fourth-order valence-electron chi connectivity index (χ4n) is 2.76. The Labute approximate surface area is 147 Å². The van der Waals surface area contributed by atoms with Crippen molar-refractivity contribution in [3.63, 3.8) is 0 Å². The van der Waals surface area contributed by atoms with Crippen LogP contribution in [0.2, 0.25) is 0 Å². The summed E-state index contributed by atoms with van der Waals surface area (Å²) in [4.78, 5) is 28.7. The molecule has 2 rings (SSSR count). The van der Waals surface area contributed by atoms with Crippen LogP contribution in [0.15, 0.2) is 12.3 Å². The van der Waals surface area contributed by atoms with Crippen molar-refractivity contribution in [3.05, 3.63) is 23.5 Å². The molecule has 2 N–H and O–H groups in total. The van der Waals surface area contributed by atoms with Crippen molar-refractivity contribution in [2.24, 2.45) is 5.92 Å². The van der Waals surface area contributed by atoms with Crippen molar-refractivity contribution in [2.75, 3.05) is 0 Å². The summed E-state index contributed by atoms with van der Waals surface area (Å²) < 4.78 is 1.81. The Morgan fingerprint density at radius 2 is 2.00 bits per heavy atom. The van der Waals surface area contributed by atoms with Crippen LogP contribution in [0.4, 0.5) is 0 Å². The van der Waals surface area contributed by atoms with Crippen molar-refractivity contribution >= 4 is 22.9 Å². The number of pyridine rings is 1. The molecule has 0 aliphatic heterocycles. The minimum Gasteiger partial charge on any atom is -0.480 e. The highest BCUT2D eigenvalue weighted by atomic mass is 16.4. The summed E-state index contributed by atoms with van der Waals surface area (Å²) in [6.07, 6.45) is 2.89. The van der Waals surface area contributed by atoms with Gasteiger partial charge in [0.2, 0.25) is 0 Å². The Morgan fingerprint density at radius 1 is 1.32 bits per heavy atom. The second-order valence-corrected chi connectivity index (χ2v) is 6.89. The van der Waals surface area contributed by atoms with Gasteiger partial charge in [-0.15, -0.1) is 0 Å². The molecule has 2 aromatic rings. The van der Waals surface area contributed by atoms with Gasteiger partial charge in [0, 0.05) is 5.69 Å². The molecule has 2 heterocycles. The first-order valence-electron chi connectivity index (χ1n) is 8.63. The van der Waals surface area contributed by atoms with E-state index in [1.54, 1.807) is 12.3 Å². The zero-order chi connectivity index (χ0) is 18.7. The third-order valence-electron chi connectivity index (χ3n) is 4.26. The van der Waals surface area contributed by atoms with Crippen LogP contribution in [0.3, 0.4) is 0 Å². The van der Waals surface area contributed by atoms with Crippen molar-refractivity contribution in [1.82, 2.24) is 20.1 Å². The molecule has 0 radical (unpaired) electrons. The number of carboxylic acids is 1. The van der Waals surface area contributed by atoms with Gasteiger partial charge in [0.25, 0.3) is 5.91 Å². The number of nitrogens with zero attached hydrogens (tertiary/aromatic N) is 3. The lowest BCUT2D eigenvalue weighted by Gasteiger charge is -2.17. The number of carbonyl (C=O) groups is 2. The largest absolute Gasteiger partial charge is 0.480 e. The van der Waals surface area contributed by atoms with Crippen LogP contribution in [0.5, 0.6) is 0 Å². The average Bonchev–Trinajstić information content (AvgIpc) is 2.95. The summed E-state index contributed by atoms with van der Waals surface area (Å²) in [5.41, 5.74) is 1.75. The Morgan fingerprint density at radius 3 is 2.56 bits per heavy atom. The van der Waals surface area contributed by atoms with Gasteiger partial charge in [-0.2, -0.15) is 5.10 Å². The summed E-state index contributed by atoms with van der Waals surface area (Å²) in [5.74, 6) is -1.28. The van der Waals surface area contributed by atoms with E-state index in [2.05, 4.69) is 22.3 Å². The maximum Gasteiger partial charge on any atom is 0.326 e. The number of hydrogen-bond acceptors (Lipinski definition) is 4. The van der Waals surface area contributed by atoms with Crippen LogP contribution < -0.4 is 5.32 Å². The van der Waals surface area contributed by atoms with Gasteiger partial charge in [0.15, 0.2) is 5.65 Å². The highest BCUT2D eigenvalue weighted by Gasteiger charge is 2.24. The number of aryl methyl sites for hydroxylation is 1. The summed E-state index contributed by atoms with van der Waals surface area (Å²) in [7, 11) is 0. The highest BCUT2D eigenvalue weighted by Crippen LogP contribution is 2.22. The summed E-state index contributed by atoms with van der Waals surface area (Å²) >= 11 is 0. The number of carbonyl (C=O) groups excluding carboxylic acids is 1. The molecule has 136 valence electrons. The minimum absolute atomic E-state index is 0.161. The van der Waals surface area contributed by atoms with E-state index in [0.717, 1.165) is 6.42 Å². The lowest BCUT2D eigenvalue weighted by molar-refractivity contribution is -0.139. The number of aromatic nitrogens is 3. The standard InChI is InChI=1S/C18H26N4O3/c1-6-12(5)22-16-14(9-19-22)13(8-11(4)20-16)17(23)21-15(18(24)25)7-10(2)3/h8-10,12,15H,6-7H2,1-5H3,(H,21,23)(H,24,25). The van der Waals surface area contributed by atoms with Crippen LogP contribution in [0.25, 0.3) is 11.0 Å². The van der Waals surface area contributed by atoms with Crippen molar-refractivity contribution < 1.29 is 14.7 Å². The van der Waals surface area contributed by atoms with Gasteiger partial charge in [0.1, 0.15) is 6.04 Å². The summed E-state index contributed by atoms with van der Waals surface area (Å²) in [6.45, 7) is 9.76. The number of hydrogen-bond donors (Lipinski definition) is 2. The molecule has 2 atom stereocenters. The maximum atomic E-state index is 12.7. The first kappa shape index (κ1) is 18.9. The maximum absolute atomic E-state index is 12.7. The SMILES string of the molecule is CCC(C)n1ncc2c(C(=O)NC(CC(C)C)C(=O)O)cc(C)nc21. The van der Waals surface area contributed by atoms with Crippen LogP contribution in [0, 0.1) is 12.8 Å². The molecule has 0 bridgehead atoms. The van der Waals surface area contributed by atoms with E-state index in [-0.39, 0.29) is 12.0 Å². The molecule has 0 aliphatic rings. The van der Waals surface area contributed by atoms with Crippen molar-refractivity contribution in [3.8, 4) is 0 Å². The summed E-state index contributed by atoms with van der Waals surface area (Å²) in [5, 5.41) is 17.0. The molecule has 0 saturated heterocycles. The molecule has 0 saturated carbocycles. The van der Waals surface area contributed by atoms with Gasteiger partial charge in [0.05, 0.1) is 23.2 Å². The molecule has 1 amide bonds. The van der Waals surface area contributed by atoms with E-state index in [9.17, 15) is 14.7 Å². The Hall–Kier alpha value is -2.44. The molecule has 2 unspecified atom stereocenters. The van der Waals surface area contributed by atoms with Crippen LogP contribution in [-0.4, -0.2) is 37.8 Å². The normalized spacial score (nSPS) is 13.8. The predicted molar refractivity (Wildman–Crippen MR) is 95.6 cm³/mol. The molecule has 0 aliphatic carbocycles. The lowest BCUT2D eigenvalue weighted by atomic mass is 10.0. The molecule has 0 fully saturated rings. The van der Waals surface area contributed by atoms with E-state index in [1.165, 1.54) is 0 Å². The first-order chi connectivity index (χ1) is 11.7. The van der Waals surface area contributed by atoms with Crippen LogP contribution in [-0.2, 0) is 4.79 Å². The molecule has 0 aromatic carbocycles. The van der Waals surface area contributed by atoms with Gasteiger partial charge in [-0.1, -0.05) is 20.8 Å². The molecule has 25 heavy (non-hydrogen) atoms. The number of carboxylic acid groups (broad SMARTS) is 1. The second kappa shape index (κ2) is 7.63. The molecule has 0 spiro atoms. The van der Waals surface area contributed by atoms with E-state index < -0.39 is 17.9 Å². The number of aliphatic carboxylic acids is 1. The Kier molecular flexibility index (Phi) is 5.77. The Balaban J connectivity index is 2.41. The topological polar surface area (TPSA) is 97.1 Å². The third kappa shape index (κ3) is 4.15. The number of fused-ring (bicyclic) bond motifs is 1. The molecule has 7 nitrogen and oxygen atoms in total. The van der Waals surface area contributed by atoms with Gasteiger partial charge in [-0.3, -0.25) is 4.79 Å². The first-order valence-corrected chi connectivity index (χ1v) is 8.63. The number of rotatable bonds is 7. The second-order valence-electron chi connectivity index (χ2n) is 6.89. The minimum atomic E-state index is -1.03. The zero-order valence-electron chi connectivity index (χ0n) is 15.4. The molecule has 7 heteroatoms.